The van der Waals surface area contributed by atoms with Gasteiger partial charge in [-0.15, -0.1) is 0 Å². The number of hydrogen-bond acceptors (Lipinski definition) is 11. The first-order valence-electron chi connectivity index (χ1n) is 20.0. The summed E-state index contributed by atoms with van der Waals surface area (Å²) in [4.78, 5) is 13.9. The standard InChI is InChI=1S/C40H64O11/c1-35(2)13-15-39-16-14-38(6)21-7-8-25-36(3,4)22(9-11-37(25,5)20(21)10-12-40(38,26(39)17-35)51-34(39)47)31-32(27(43)23(42)19-48-31)50-33-30(46)29(45)28(44)24(18-41)49-33/h20-33,41-46H,7-19H2,1-6H3/t20?,21?,22-,23+,24-,25?,26?,27+,28-,29+,30-,31?,32-,33+,37+,38+,39+,40-/m1/s1. The zero-order valence-electron chi connectivity index (χ0n) is 31.5. The molecule has 5 saturated carbocycles. The fourth-order valence-corrected chi connectivity index (χ4v) is 14.6. The molecule has 0 radical (unpaired) electrons. The smallest absolute Gasteiger partial charge is 0.313 e. The molecule has 6 N–H and O–H groups in total. The molecule has 0 amide bonds. The van der Waals surface area contributed by atoms with Gasteiger partial charge in [-0.1, -0.05) is 41.5 Å². The second kappa shape index (κ2) is 12.1. The minimum Gasteiger partial charge on any atom is -0.458 e. The Morgan fingerprint density at radius 2 is 1.45 bits per heavy atom. The summed E-state index contributed by atoms with van der Waals surface area (Å²) in [5, 5.41) is 63.3. The monoisotopic (exact) mass is 720 g/mol. The molecule has 0 aromatic rings. The Morgan fingerprint density at radius 1 is 0.745 bits per heavy atom. The first-order valence-corrected chi connectivity index (χ1v) is 20.0. The van der Waals surface area contributed by atoms with E-state index < -0.39 is 61.7 Å². The van der Waals surface area contributed by atoms with Crippen molar-refractivity contribution in [1.29, 1.82) is 0 Å². The van der Waals surface area contributed by atoms with E-state index in [4.69, 9.17) is 18.9 Å². The van der Waals surface area contributed by atoms with Crippen LogP contribution in [0.25, 0.3) is 0 Å². The Balaban J connectivity index is 1.06. The molecule has 11 heteroatoms. The summed E-state index contributed by atoms with van der Waals surface area (Å²) in [5.41, 5.74) is -0.709. The predicted octanol–water partition coefficient (Wildman–Crippen LogP) is 3.08. The van der Waals surface area contributed by atoms with Crippen molar-refractivity contribution in [1.82, 2.24) is 0 Å². The maximum atomic E-state index is 13.9. The van der Waals surface area contributed by atoms with Crippen LogP contribution < -0.4 is 0 Å². The predicted molar refractivity (Wildman–Crippen MR) is 184 cm³/mol. The van der Waals surface area contributed by atoms with Crippen molar-refractivity contribution in [2.24, 2.45) is 56.7 Å². The molecule has 3 saturated heterocycles. The number of esters is 1. The summed E-state index contributed by atoms with van der Waals surface area (Å²) in [6.07, 6.45) is -0.622. The van der Waals surface area contributed by atoms with Crippen molar-refractivity contribution < 1.29 is 54.4 Å². The van der Waals surface area contributed by atoms with Gasteiger partial charge in [-0.2, -0.15) is 0 Å². The molecule has 8 fully saturated rings. The fourth-order valence-electron chi connectivity index (χ4n) is 14.6. The van der Waals surface area contributed by atoms with E-state index in [1.54, 1.807) is 0 Å². The van der Waals surface area contributed by atoms with Gasteiger partial charge in [0.1, 0.15) is 48.3 Å². The van der Waals surface area contributed by atoms with Crippen LogP contribution in [0.4, 0.5) is 0 Å². The maximum absolute atomic E-state index is 13.9. The van der Waals surface area contributed by atoms with Gasteiger partial charge in [0.15, 0.2) is 6.29 Å². The zero-order chi connectivity index (χ0) is 36.7. The number of aliphatic hydroxyl groups is 6. The number of hydrogen-bond donors (Lipinski definition) is 6. The highest BCUT2D eigenvalue weighted by molar-refractivity contribution is 5.81. The van der Waals surface area contributed by atoms with Gasteiger partial charge in [0.2, 0.25) is 0 Å². The van der Waals surface area contributed by atoms with Gasteiger partial charge < -0.3 is 49.6 Å². The third-order valence-electron chi connectivity index (χ3n) is 17.4. The van der Waals surface area contributed by atoms with Crippen LogP contribution >= 0.6 is 0 Å². The molecule has 18 atom stereocenters. The van der Waals surface area contributed by atoms with Crippen molar-refractivity contribution >= 4 is 5.97 Å². The van der Waals surface area contributed by atoms with Crippen LogP contribution in [-0.2, 0) is 23.7 Å². The summed E-state index contributed by atoms with van der Waals surface area (Å²) in [6.45, 7) is 13.7. The molecule has 290 valence electrons. The lowest BCUT2D eigenvalue weighted by atomic mass is 9.34. The topological polar surface area (TPSA) is 175 Å². The first kappa shape index (κ1) is 37.1. The summed E-state index contributed by atoms with van der Waals surface area (Å²) in [5.74, 6) is 1.66. The van der Waals surface area contributed by atoms with Crippen LogP contribution in [0.15, 0.2) is 0 Å². The number of ether oxygens (including phenoxy) is 4. The van der Waals surface area contributed by atoms with Crippen LogP contribution in [0.3, 0.4) is 0 Å². The molecule has 5 aliphatic carbocycles. The molecule has 5 unspecified atom stereocenters. The second-order valence-electron chi connectivity index (χ2n) is 20.3. The molecule has 8 rings (SSSR count). The van der Waals surface area contributed by atoms with Crippen molar-refractivity contribution in [3.05, 3.63) is 0 Å². The molecule has 11 nitrogen and oxygen atoms in total. The van der Waals surface area contributed by atoms with Crippen molar-refractivity contribution in [3.8, 4) is 0 Å². The molecule has 0 aromatic heterocycles. The van der Waals surface area contributed by atoms with E-state index in [1.165, 1.54) is 0 Å². The lowest BCUT2D eigenvalue weighted by Gasteiger charge is -2.70. The minimum absolute atomic E-state index is 0.0507. The molecule has 2 bridgehead atoms. The number of fused-ring (bicyclic) bond motifs is 4. The number of aliphatic hydroxyl groups excluding tert-OH is 6. The van der Waals surface area contributed by atoms with E-state index in [2.05, 4.69) is 41.5 Å². The lowest BCUT2D eigenvalue weighted by molar-refractivity contribution is -0.342. The van der Waals surface area contributed by atoms with Crippen LogP contribution in [0, 0.1) is 56.7 Å². The largest absolute Gasteiger partial charge is 0.458 e. The summed E-state index contributed by atoms with van der Waals surface area (Å²) in [6, 6.07) is 0. The van der Waals surface area contributed by atoms with E-state index in [-0.39, 0.29) is 51.2 Å². The van der Waals surface area contributed by atoms with Gasteiger partial charge in [-0.25, -0.2) is 0 Å². The van der Waals surface area contributed by atoms with Crippen molar-refractivity contribution in [3.63, 3.8) is 0 Å². The van der Waals surface area contributed by atoms with E-state index >= 15 is 0 Å². The van der Waals surface area contributed by atoms with Crippen LogP contribution in [0.1, 0.15) is 112 Å². The minimum atomic E-state index is -1.63. The van der Waals surface area contributed by atoms with Crippen molar-refractivity contribution in [2.75, 3.05) is 13.2 Å². The van der Waals surface area contributed by atoms with Crippen LogP contribution in [-0.4, -0.2) is 111 Å². The Morgan fingerprint density at radius 3 is 2.18 bits per heavy atom. The number of carbonyl (C=O) groups is 1. The Bertz CT molecular complexity index is 1370. The van der Waals surface area contributed by atoms with Crippen LogP contribution in [0.5, 0.6) is 0 Å². The SMILES string of the molecule is CC1(C)CC[C@@]23CC[C@@]4(C)C5CCC6C(C)(C)[C@@H](C7OC[C@H](O)[C@H](O)[C@H]7O[C@@H]7O[C@H](CO)[C@@H](O)[C@H](O)[C@H]7O)CC[C@@]6(C)C5CC[C@@]4(OC2=O)C3C1. The molecule has 8 aliphatic rings. The Kier molecular flexibility index (Phi) is 8.76. The molecule has 3 aliphatic heterocycles. The zero-order valence-corrected chi connectivity index (χ0v) is 31.5. The van der Waals surface area contributed by atoms with Crippen molar-refractivity contribution in [2.45, 2.75) is 173 Å². The lowest BCUT2D eigenvalue weighted by Crippen LogP contribution is -2.69. The summed E-state index contributed by atoms with van der Waals surface area (Å²) in [7, 11) is 0. The van der Waals surface area contributed by atoms with E-state index in [0.717, 1.165) is 70.6 Å². The van der Waals surface area contributed by atoms with Gasteiger partial charge in [-0.05, 0) is 111 Å². The molecule has 51 heavy (non-hydrogen) atoms. The molecule has 0 aromatic carbocycles. The van der Waals surface area contributed by atoms with E-state index in [1.807, 2.05) is 0 Å². The summed E-state index contributed by atoms with van der Waals surface area (Å²) >= 11 is 0. The Hall–Kier alpha value is -0.890. The highest BCUT2D eigenvalue weighted by atomic mass is 16.7. The van der Waals surface area contributed by atoms with Crippen LogP contribution in [0.2, 0.25) is 0 Å². The normalized spacial score (nSPS) is 57.3. The molecule has 1 spiro atoms. The molecular formula is C40H64O11. The summed E-state index contributed by atoms with van der Waals surface area (Å²) < 4.78 is 25.1. The molecular weight excluding hydrogens is 656 g/mol. The quantitative estimate of drug-likeness (QED) is 0.236. The average molecular weight is 721 g/mol. The molecule has 3 heterocycles. The van der Waals surface area contributed by atoms with E-state index in [9.17, 15) is 35.4 Å². The van der Waals surface area contributed by atoms with Gasteiger partial charge in [0, 0.05) is 11.3 Å². The number of rotatable bonds is 4. The van der Waals surface area contributed by atoms with E-state index in [0.29, 0.717) is 23.7 Å². The van der Waals surface area contributed by atoms with Gasteiger partial charge in [0.25, 0.3) is 0 Å². The third kappa shape index (κ3) is 4.97. The van der Waals surface area contributed by atoms with Gasteiger partial charge in [-0.3, -0.25) is 4.79 Å². The highest BCUT2D eigenvalue weighted by Gasteiger charge is 2.78. The maximum Gasteiger partial charge on any atom is 0.313 e. The second-order valence-corrected chi connectivity index (χ2v) is 20.3. The first-order chi connectivity index (χ1) is 23.9. The average Bonchev–Trinajstić information content (AvgIpc) is 3.25. The van der Waals surface area contributed by atoms with Gasteiger partial charge >= 0.3 is 5.97 Å². The number of carbonyl (C=O) groups excluding carboxylic acids is 1. The third-order valence-corrected chi connectivity index (χ3v) is 17.4. The Labute approximate surface area is 302 Å². The fraction of sp³-hybridized carbons (Fsp3) is 0.975. The van der Waals surface area contributed by atoms with Gasteiger partial charge in [0.05, 0.1) is 24.7 Å². The highest BCUT2D eigenvalue weighted by Crippen LogP contribution is 2.77.